The SMILES string of the molecule is CC(C)(C)OC(=O)Nc1cccc2c1C(CC(=O)O)C(=O)N2C1CCC(=O)NC1=O. The third kappa shape index (κ3) is 4.27. The molecule has 3 rings (SSSR count). The molecular formula is C20H23N3O7. The van der Waals surface area contributed by atoms with Crippen molar-refractivity contribution in [1.82, 2.24) is 5.32 Å². The summed E-state index contributed by atoms with van der Waals surface area (Å²) in [4.78, 5) is 61.9. The minimum Gasteiger partial charge on any atom is -0.481 e. The average molecular weight is 417 g/mol. The molecule has 10 heteroatoms. The van der Waals surface area contributed by atoms with Crippen LogP contribution >= 0.6 is 0 Å². The van der Waals surface area contributed by atoms with Crippen LogP contribution in [0.4, 0.5) is 16.2 Å². The molecule has 2 aliphatic rings. The van der Waals surface area contributed by atoms with E-state index in [2.05, 4.69) is 10.6 Å². The molecule has 2 heterocycles. The van der Waals surface area contributed by atoms with Crippen molar-refractivity contribution in [2.24, 2.45) is 0 Å². The number of hydrogen-bond acceptors (Lipinski definition) is 6. The maximum Gasteiger partial charge on any atom is 0.412 e. The zero-order valence-electron chi connectivity index (χ0n) is 16.9. The molecule has 1 saturated heterocycles. The monoisotopic (exact) mass is 417 g/mol. The predicted octanol–water partition coefficient (Wildman–Crippen LogP) is 1.74. The van der Waals surface area contributed by atoms with Crippen LogP contribution in [0.25, 0.3) is 0 Å². The Kier molecular flexibility index (Phi) is 5.51. The van der Waals surface area contributed by atoms with E-state index < -0.39 is 53.8 Å². The summed E-state index contributed by atoms with van der Waals surface area (Å²) in [7, 11) is 0. The average Bonchev–Trinajstić information content (AvgIpc) is 2.86. The van der Waals surface area contributed by atoms with Gasteiger partial charge in [-0.3, -0.25) is 34.7 Å². The van der Waals surface area contributed by atoms with Crippen LogP contribution in [-0.2, 0) is 23.9 Å². The van der Waals surface area contributed by atoms with Gasteiger partial charge in [0.1, 0.15) is 11.6 Å². The number of hydrogen-bond donors (Lipinski definition) is 3. The molecule has 1 aromatic rings. The van der Waals surface area contributed by atoms with E-state index >= 15 is 0 Å². The molecule has 10 nitrogen and oxygen atoms in total. The lowest BCUT2D eigenvalue weighted by molar-refractivity contribution is -0.139. The van der Waals surface area contributed by atoms with Gasteiger partial charge in [0, 0.05) is 12.0 Å². The number of anilines is 2. The third-order valence-electron chi connectivity index (χ3n) is 4.76. The molecule has 1 fully saturated rings. The molecule has 2 unspecified atom stereocenters. The first kappa shape index (κ1) is 21.3. The Bertz CT molecular complexity index is 935. The second-order valence-electron chi connectivity index (χ2n) is 8.19. The number of fused-ring (bicyclic) bond motifs is 1. The van der Waals surface area contributed by atoms with Crippen LogP contribution in [-0.4, -0.2) is 46.5 Å². The number of imide groups is 1. The lowest BCUT2D eigenvalue weighted by Crippen LogP contribution is -2.54. The van der Waals surface area contributed by atoms with Crippen LogP contribution in [0, 0.1) is 0 Å². The topological polar surface area (TPSA) is 142 Å². The number of aliphatic carboxylic acids is 1. The smallest absolute Gasteiger partial charge is 0.412 e. The molecule has 2 atom stereocenters. The summed E-state index contributed by atoms with van der Waals surface area (Å²) in [6.45, 7) is 5.09. The molecule has 0 bridgehead atoms. The Hall–Kier alpha value is -3.43. The zero-order valence-corrected chi connectivity index (χ0v) is 16.9. The Morgan fingerprint density at radius 2 is 1.97 bits per heavy atom. The molecule has 0 spiro atoms. The highest BCUT2D eigenvalue weighted by Gasteiger charge is 2.46. The fourth-order valence-corrected chi connectivity index (χ4v) is 3.68. The number of carbonyl (C=O) groups is 5. The zero-order chi connectivity index (χ0) is 22.2. The van der Waals surface area contributed by atoms with Gasteiger partial charge >= 0.3 is 12.1 Å². The Morgan fingerprint density at radius 1 is 1.27 bits per heavy atom. The second kappa shape index (κ2) is 7.77. The number of benzene rings is 1. The van der Waals surface area contributed by atoms with Gasteiger partial charge in [-0.05, 0) is 39.3 Å². The molecule has 0 aliphatic carbocycles. The van der Waals surface area contributed by atoms with Gasteiger partial charge in [0.05, 0.1) is 23.7 Å². The van der Waals surface area contributed by atoms with Crippen molar-refractivity contribution < 1.29 is 33.8 Å². The van der Waals surface area contributed by atoms with Crippen molar-refractivity contribution in [3.05, 3.63) is 23.8 Å². The number of nitrogens with zero attached hydrogens (tertiary/aromatic N) is 1. The van der Waals surface area contributed by atoms with E-state index in [1.54, 1.807) is 39.0 Å². The molecule has 0 aromatic heterocycles. The van der Waals surface area contributed by atoms with E-state index in [0.717, 1.165) is 0 Å². The van der Waals surface area contributed by atoms with Crippen molar-refractivity contribution in [3.63, 3.8) is 0 Å². The largest absolute Gasteiger partial charge is 0.481 e. The fourth-order valence-electron chi connectivity index (χ4n) is 3.68. The first-order chi connectivity index (χ1) is 14.0. The van der Waals surface area contributed by atoms with Crippen molar-refractivity contribution in [2.75, 3.05) is 10.2 Å². The van der Waals surface area contributed by atoms with Gasteiger partial charge in [-0.1, -0.05) is 6.07 Å². The van der Waals surface area contributed by atoms with Gasteiger partial charge in [0.15, 0.2) is 0 Å². The lowest BCUT2D eigenvalue weighted by atomic mass is 9.95. The van der Waals surface area contributed by atoms with Gasteiger partial charge < -0.3 is 9.84 Å². The number of piperidine rings is 1. The molecule has 160 valence electrons. The van der Waals surface area contributed by atoms with Gasteiger partial charge in [-0.2, -0.15) is 0 Å². The number of nitrogens with one attached hydrogen (secondary N) is 2. The number of amides is 4. The number of rotatable bonds is 4. The summed E-state index contributed by atoms with van der Waals surface area (Å²) in [6, 6.07) is 3.77. The van der Waals surface area contributed by atoms with Crippen LogP contribution in [0.2, 0.25) is 0 Å². The van der Waals surface area contributed by atoms with Crippen LogP contribution in [0.3, 0.4) is 0 Å². The number of carboxylic acid groups (broad SMARTS) is 1. The van der Waals surface area contributed by atoms with E-state index in [-0.39, 0.29) is 18.5 Å². The summed E-state index contributed by atoms with van der Waals surface area (Å²) < 4.78 is 5.25. The van der Waals surface area contributed by atoms with Crippen molar-refractivity contribution >= 4 is 41.2 Å². The maximum atomic E-state index is 13.1. The van der Waals surface area contributed by atoms with E-state index in [1.807, 2.05) is 0 Å². The molecular weight excluding hydrogens is 394 g/mol. The standard InChI is InChI=1S/C20H23N3O7/c1-20(2,3)30-19(29)21-11-5-4-6-12-16(11)10(9-15(25)26)18(28)23(12)13-7-8-14(24)22-17(13)27/h4-6,10,13H,7-9H2,1-3H3,(H,21,29)(H,25,26)(H,22,24,27). The molecule has 0 saturated carbocycles. The summed E-state index contributed by atoms with van der Waals surface area (Å²) in [5, 5.41) is 14.1. The Labute approximate surface area is 172 Å². The van der Waals surface area contributed by atoms with Crippen LogP contribution < -0.4 is 15.5 Å². The van der Waals surface area contributed by atoms with Crippen molar-refractivity contribution in [3.8, 4) is 0 Å². The number of ether oxygens (including phenoxy) is 1. The van der Waals surface area contributed by atoms with E-state index in [0.29, 0.717) is 11.3 Å². The lowest BCUT2D eigenvalue weighted by Gasteiger charge is -2.30. The minimum absolute atomic E-state index is 0.0645. The molecule has 0 radical (unpaired) electrons. The Balaban J connectivity index is 2.01. The first-order valence-electron chi connectivity index (χ1n) is 9.49. The van der Waals surface area contributed by atoms with E-state index in [1.165, 1.54) is 4.90 Å². The number of carbonyl (C=O) groups excluding carboxylic acids is 4. The van der Waals surface area contributed by atoms with Gasteiger partial charge in [0.2, 0.25) is 17.7 Å². The molecule has 3 N–H and O–H groups in total. The summed E-state index contributed by atoms with van der Waals surface area (Å²) in [5.41, 5.74) is 0.114. The fraction of sp³-hybridized carbons (Fsp3) is 0.450. The van der Waals surface area contributed by atoms with Crippen LogP contribution in [0.5, 0.6) is 0 Å². The highest BCUT2D eigenvalue weighted by Crippen LogP contribution is 2.45. The highest BCUT2D eigenvalue weighted by atomic mass is 16.6. The highest BCUT2D eigenvalue weighted by molar-refractivity contribution is 6.14. The molecule has 4 amide bonds. The second-order valence-corrected chi connectivity index (χ2v) is 8.19. The first-order valence-corrected chi connectivity index (χ1v) is 9.49. The quantitative estimate of drug-likeness (QED) is 0.633. The predicted molar refractivity (Wildman–Crippen MR) is 105 cm³/mol. The van der Waals surface area contributed by atoms with E-state index in [4.69, 9.17) is 4.74 Å². The summed E-state index contributed by atoms with van der Waals surface area (Å²) in [5.74, 6) is -3.90. The van der Waals surface area contributed by atoms with Crippen molar-refractivity contribution in [2.45, 2.75) is 57.6 Å². The summed E-state index contributed by atoms with van der Waals surface area (Å²) >= 11 is 0. The number of carboxylic acids is 1. The summed E-state index contributed by atoms with van der Waals surface area (Å²) in [6.07, 6.45) is -1.08. The Morgan fingerprint density at radius 3 is 2.57 bits per heavy atom. The van der Waals surface area contributed by atoms with Crippen LogP contribution in [0.1, 0.15) is 51.5 Å². The van der Waals surface area contributed by atoms with E-state index in [9.17, 15) is 29.1 Å². The molecule has 2 aliphatic heterocycles. The van der Waals surface area contributed by atoms with Gasteiger partial charge in [-0.15, -0.1) is 0 Å². The minimum atomic E-state index is -1.20. The van der Waals surface area contributed by atoms with Gasteiger partial charge in [-0.25, -0.2) is 4.79 Å². The normalized spacial score (nSPS) is 21.2. The third-order valence-corrected chi connectivity index (χ3v) is 4.76. The molecule has 30 heavy (non-hydrogen) atoms. The van der Waals surface area contributed by atoms with Crippen LogP contribution in [0.15, 0.2) is 18.2 Å². The van der Waals surface area contributed by atoms with Gasteiger partial charge in [0.25, 0.3) is 0 Å². The van der Waals surface area contributed by atoms with Crippen molar-refractivity contribution in [1.29, 1.82) is 0 Å². The maximum absolute atomic E-state index is 13.1. The molecule has 1 aromatic carbocycles.